The molecule has 0 unspecified atom stereocenters. The number of carbonyl (C=O) groups excluding carboxylic acids is 2. The van der Waals surface area contributed by atoms with Crippen LogP contribution >= 0.6 is 11.3 Å². The fourth-order valence-corrected chi connectivity index (χ4v) is 4.56. The van der Waals surface area contributed by atoms with E-state index in [1.54, 1.807) is 13.0 Å². The van der Waals surface area contributed by atoms with Gasteiger partial charge in [-0.1, -0.05) is 12.1 Å². The van der Waals surface area contributed by atoms with Crippen molar-refractivity contribution in [1.29, 1.82) is 5.26 Å². The van der Waals surface area contributed by atoms with E-state index in [1.165, 1.54) is 35.6 Å². The van der Waals surface area contributed by atoms with Crippen LogP contribution in [0.25, 0.3) is 6.08 Å². The van der Waals surface area contributed by atoms with Gasteiger partial charge in [-0.05, 0) is 49.8 Å². The molecule has 9 heteroatoms. The largest absolute Gasteiger partial charge is 0.462 e. The summed E-state index contributed by atoms with van der Waals surface area (Å²) in [6, 6.07) is 7.46. The summed E-state index contributed by atoms with van der Waals surface area (Å²) in [6.45, 7) is 1.93. The van der Waals surface area contributed by atoms with E-state index in [4.69, 9.17) is 4.74 Å². The Morgan fingerprint density at radius 1 is 1.37 bits per heavy atom. The van der Waals surface area contributed by atoms with Crippen LogP contribution in [0.1, 0.15) is 46.1 Å². The van der Waals surface area contributed by atoms with Crippen molar-refractivity contribution < 1.29 is 19.2 Å². The van der Waals surface area contributed by atoms with E-state index in [1.807, 2.05) is 6.07 Å². The zero-order valence-electron chi connectivity index (χ0n) is 16.3. The number of nitrogens with zero attached hydrogens (tertiary/aromatic N) is 2. The second kappa shape index (κ2) is 9.33. The van der Waals surface area contributed by atoms with Crippen LogP contribution < -0.4 is 5.32 Å². The lowest BCUT2D eigenvalue weighted by Gasteiger charge is -2.12. The van der Waals surface area contributed by atoms with Crippen molar-refractivity contribution in [3.8, 4) is 6.07 Å². The number of ether oxygens (including phenoxy) is 1. The zero-order chi connectivity index (χ0) is 21.7. The molecule has 1 N–H and O–H groups in total. The van der Waals surface area contributed by atoms with Gasteiger partial charge in [0.25, 0.3) is 11.6 Å². The number of benzene rings is 1. The lowest BCUT2D eigenvalue weighted by molar-refractivity contribution is -0.384. The van der Waals surface area contributed by atoms with Crippen LogP contribution in [0.2, 0.25) is 0 Å². The lowest BCUT2D eigenvalue weighted by atomic mass is 9.95. The number of anilines is 1. The first-order valence-corrected chi connectivity index (χ1v) is 10.3. The zero-order valence-corrected chi connectivity index (χ0v) is 17.1. The standard InChI is InChI=1S/C21H19N3O5S/c1-2-29-21(26)18-16-8-3-4-9-17(16)30-20(18)23-19(25)14(12-22)10-13-6-5-7-15(11-13)24(27)28/h5-7,10-11H,2-4,8-9H2,1H3,(H,23,25). The van der Waals surface area contributed by atoms with Gasteiger partial charge in [0.15, 0.2) is 0 Å². The van der Waals surface area contributed by atoms with Crippen molar-refractivity contribution >= 4 is 40.0 Å². The van der Waals surface area contributed by atoms with Gasteiger partial charge in [0.1, 0.15) is 16.6 Å². The number of esters is 1. The Balaban J connectivity index is 1.91. The first-order chi connectivity index (χ1) is 14.4. The minimum Gasteiger partial charge on any atom is -0.462 e. The highest BCUT2D eigenvalue weighted by Crippen LogP contribution is 2.38. The first-order valence-electron chi connectivity index (χ1n) is 9.43. The summed E-state index contributed by atoms with van der Waals surface area (Å²) in [5, 5.41) is 23.4. The third-order valence-electron chi connectivity index (χ3n) is 4.64. The van der Waals surface area contributed by atoms with Gasteiger partial charge < -0.3 is 10.1 Å². The van der Waals surface area contributed by atoms with E-state index in [0.29, 0.717) is 16.1 Å². The van der Waals surface area contributed by atoms with E-state index in [-0.39, 0.29) is 17.9 Å². The Hall–Kier alpha value is -3.51. The predicted octanol–water partition coefficient (Wildman–Crippen LogP) is 4.26. The summed E-state index contributed by atoms with van der Waals surface area (Å²) in [4.78, 5) is 36.7. The first kappa shape index (κ1) is 21.2. The minimum atomic E-state index is -0.687. The Labute approximate surface area is 176 Å². The van der Waals surface area contributed by atoms with Gasteiger partial charge in [-0.25, -0.2) is 4.79 Å². The highest BCUT2D eigenvalue weighted by Gasteiger charge is 2.27. The molecule has 1 aromatic heterocycles. The third kappa shape index (κ3) is 4.55. The third-order valence-corrected chi connectivity index (χ3v) is 5.84. The van der Waals surface area contributed by atoms with Crippen LogP contribution in [0.3, 0.4) is 0 Å². The van der Waals surface area contributed by atoms with Gasteiger partial charge in [0.05, 0.1) is 17.1 Å². The fourth-order valence-electron chi connectivity index (χ4n) is 3.29. The van der Waals surface area contributed by atoms with E-state index >= 15 is 0 Å². The molecule has 2 aromatic rings. The Kier molecular flexibility index (Phi) is 6.59. The summed E-state index contributed by atoms with van der Waals surface area (Å²) >= 11 is 1.33. The molecule has 0 radical (unpaired) electrons. The second-order valence-corrected chi connectivity index (χ2v) is 7.72. The molecule has 0 saturated carbocycles. The summed E-state index contributed by atoms with van der Waals surface area (Å²) in [5.74, 6) is -1.18. The molecule has 0 saturated heterocycles. The monoisotopic (exact) mass is 425 g/mol. The molecule has 1 heterocycles. The SMILES string of the molecule is CCOC(=O)c1c(NC(=O)C(C#N)=Cc2cccc([N+](=O)[O-])c2)sc2c1CCCC2. The number of carbonyl (C=O) groups is 2. The number of hydrogen-bond donors (Lipinski definition) is 1. The van der Waals surface area contributed by atoms with E-state index in [0.717, 1.165) is 36.1 Å². The van der Waals surface area contributed by atoms with E-state index in [9.17, 15) is 25.0 Å². The van der Waals surface area contributed by atoms with Crippen LogP contribution in [0.15, 0.2) is 29.8 Å². The fraction of sp³-hybridized carbons (Fsp3) is 0.286. The van der Waals surface area contributed by atoms with Gasteiger partial charge >= 0.3 is 5.97 Å². The van der Waals surface area contributed by atoms with Crippen molar-refractivity contribution in [2.45, 2.75) is 32.6 Å². The molecule has 1 aromatic carbocycles. The molecule has 1 amide bonds. The minimum absolute atomic E-state index is 0.142. The Morgan fingerprint density at radius 2 is 2.13 bits per heavy atom. The number of thiophene rings is 1. The number of rotatable bonds is 6. The van der Waals surface area contributed by atoms with Crippen molar-refractivity contribution in [3.05, 3.63) is 61.5 Å². The number of hydrogen-bond acceptors (Lipinski definition) is 7. The quantitative estimate of drug-likeness (QED) is 0.243. The van der Waals surface area contributed by atoms with Crippen molar-refractivity contribution in [2.75, 3.05) is 11.9 Å². The maximum absolute atomic E-state index is 12.7. The number of aryl methyl sites for hydroxylation is 1. The van der Waals surface area contributed by atoms with Crippen LogP contribution in [0.5, 0.6) is 0 Å². The number of amides is 1. The lowest BCUT2D eigenvalue weighted by Crippen LogP contribution is -2.16. The molecule has 1 aliphatic carbocycles. The van der Waals surface area contributed by atoms with Crippen molar-refractivity contribution in [2.24, 2.45) is 0 Å². The summed E-state index contributed by atoms with van der Waals surface area (Å²) < 4.78 is 5.17. The van der Waals surface area contributed by atoms with Crippen LogP contribution in [0.4, 0.5) is 10.7 Å². The molecule has 0 aliphatic heterocycles. The molecule has 3 rings (SSSR count). The number of nitro benzene ring substituents is 1. The normalized spacial score (nSPS) is 13.1. The Morgan fingerprint density at radius 3 is 2.83 bits per heavy atom. The number of non-ortho nitro benzene ring substituents is 1. The number of nitro groups is 1. The van der Waals surface area contributed by atoms with Gasteiger partial charge in [0, 0.05) is 17.0 Å². The van der Waals surface area contributed by atoms with Crippen molar-refractivity contribution in [3.63, 3.8) is 0 Å². The molecule has 154 valence electrons. The molecule has 0 fully saturated rings. The number of nitriles is 1. The average Bonchev–Trinajstić information content (AvgIpc) is 3.10. The second-order valence-electron chi connectivity index (χ2n) is 6.61. The predicted molar refractivity (Wildman–Crippen MR) is 112 cm³/mol. The van der Waals surface area contributed by atoms with Crippen molar-refractivity contribution in [1.82, 2.24) is 0 Å². The van der Waals surface area contributed by atoms with Gasteiger partial charge in [-0.2, -0.15) is 5.26 Å². The van der Waals surface area contributed by atoms with Gasteiger partial charge in [-0.15, -0.1) is 11.3 Å². The van der Waals surface area contributed by atoms with E-state index in [2.05, 4.69) is 5.32 Å². The topological polar surface area (TPSA) is 122 Å². The number of fused-ring (bicyclic) bond motifs is 1. The molecular formula is C21H19N3O5S. The Bertz CT molecular complexity index is 1080. The van der Waals surface area contributed by atoms with Gasteiger partial charge in [-0.3, -0.25) is 14.9 Å². The molecule has 0 spiro atoms. The molecule has 8 nitrogen and oxygen atoms in total. The average molecular weight is 425 g/mol. The maximum Gasteiger partial charge on any atom is 0.341 e. The molecular weight excluding hydrogens is 406 g/mol. The van der Waals surface area contributed by atoms with E-state index < -0.39 is 16.8 Å². The smallest absolute Gasteiger partial charge is 0.341 e. The molecule has 30 heavy (non-hydrogen) atoms. The summed E-state index contributed by atoms with van der Waals surface area (Å²) in [7, 11) is 0. The maximum atomic E-state index is 12.7. The highest BCUT2D eigenvalue weighted by molar-refractivity contribution is 7.17. The van der Waals surface area contributed by atoms with Crippen LogP contribution in [-0.2, 0) is 22.4 Å². The molecule has 1 aliphatic rings. The molecule has 0 atom stereocenters. The number of nitrogens with one attached hydrogen (secondary N) is 1. The van der Waals surface area contributed by atoms with Crippen LogP contribution in [-0.4, -0.2) is 23.4 Å². The summed E-state index contributed by atoms with van der Waals surface area (Å²) in [6.07, 6.45) is 4.82. The van der Waals surface area contributed by atoms with Crippen LogP contribution in [0, 0.1) is 21.4 Å². The highest BCUT2D eigenvalue weighted by atomic mass is 32.1. The summed E-state index contributed by atoms with van der Waals surface area (Å²) in [5.41, 5.74) is 1.25. The molecule has 0 bridgehead atoms. The van der Waals surface area contributed by atoms with Gasteiger partial charge in [0.2, 0.25) is 0 Å².